The molecule has 98 valence electrons. The van der Waals surface area contributed by atoms with Crippen LogP contribution in [0, 0.1) is 5.92 Å². The molecule has 1 heterocycles. The van der Waals surface area contributed by atoms with E-state index >= 15 is 0 Å². The maximum atomic E-state index is 10.7. The molecule has 0 saturated carbocycles. The number of hydrogen-bond donors (Lipinski definition) is 2. The molecule has 0 amide bonds. The highest BCUT2D eigenvalue weighted by atomic mass is 16.6. The summed E-state index contributed by atoms with van der Waals surface area (Å²) in [6, 6.07) is 5.64. The van der Waals surface area contributed by atoms with Crippen molar-refractivity contribution in [3.63, 3.8) is 0 Å². The Labute approximate surface area is 106 Å². The number of ether oxygens (including phenoxy) is 2. The van der Waals surface area contributed by atoms with E-state index in [0.29, 0.717) is 26.2 Å². The summed E-state index contributed by atoms with van der Waals surface area (Å²) in [5.41, 5.74) is 0.914. The largest absolute Gasteiger partial charge is 0.486 e. The summed E-state index contributed by atoms with van der Waals surface area (Å²) >= 11 is 0. The summed E-state index contributed by atoms with van der Waals surface area (Å²) in [4.78, 5) is 10.7. The lowest BCUT2D eigenvalue weighted by Gasteiger charge is -2.19. The third-order valence-electron chi connectivity index (χ3n) is 2.87. The number of rotatable bonds is 5. The highest BCUT2D eigenvalue weighted by molar-refractivity contribution is 5.69. The van der Waals surface area contributed by atoms with Gasteiger partial charge in [0.05, 0.1) is 5.92 Å². The number of carboxylic acids is 1. The minimum absolute atomic E-state index is 0.338. The van der Waals surface area contributed by atoms with E-state index in [2.05, 4.69) is 5.32 Å². The first-order valence-electron chi connectivity index (χ1n) is 6.03. The Morgan fingerprint density at radius 2 is 2.11 bits per heavy atom. The maximum absolute atomic E-state index is 10.7. The quantitative estimate of drug-likeness (QED) is 0.837. The predicted molar refractivity (Wildman–Crippen MR) is 67.3 cm³/mol. The number of benzene rings is 1. The third kappa shape index (κ3) is 3.06. The normalized spacial score (nSPS) is 14.9. The molecule has 0 bridgehead atoms. The molecule has 1 aliphatic rings. The number of anilines is 1. The fraction of sp³-hybridized carbons (Fsp3) is 0.462. The summed E-state index contributed by atoms with van der Waals surface area (Å²) in [5, 5.41) is 12.0. The highest BCUT2D eigenvalue weighted by Crippen LogP contribution is 2.32. The lowest BCUT2D eigenvalue weighted by atomic mass is 10.1. The second-order valence-corrected chi connectivity index (χ2v) is 4.31. The van der Waals surface area contributed by atoms with Crippen LogP contribution in [0.2, 0.25) is 0 Å². The van der Waals surface area contributed by atoms with Crippen molar-refractivity contribution in [2.24, 2.45) is 5.92 Å². The van der Waals surface area contributed by atoms with E-state index < -0.39 is 5.97 Å². The molecular formula is C13H17NO4. The molecule has 1 aliphatic heterocycles. The van der Waals surface area contributed by atoms with Crippen molar-refractivity contribution in [1.82, 2.24) is 0 Å². The molecule has 18 heavy (non-hydrogen) atoms. The molecular weight excluding hydrogens is 234 g/mol. The van der Waals surface area contributed by atoms with Crippen LogP contribution in [-0.2, 0) is 4.79 Å². The molecule has 0 spiro atoms. The van der Waals surface area contributed by atoms with E-state index in [9.17, 15) is 4.79 Å². The van der Waals surface area contributed by atoms with E-state index in [1.54, 1.807) is 6.92 Å². The Hall–Kier alpha value is -1.91. The van der Waals surface area contributed by atoms with Crippen LogP contribution in [0.1, 0.15) is 13.3 Å². The topological polar surface area (TPSA) is 67.8 Å². The smallest absolute Gasteiger partial charge is 0.306 e. The zero-order chi connectivity index (χ0) is 13.0. The summed E-state index contributed by atoms with van der Waals surface area (Å²) in [5.74, 6) is 0.386. The van der Waals surface area contributed by atoms with Gasteiger partial charge in [0.1, 0.15) is 13.2 Å². The zero-order valence-corrected chi connectivity index (χ0v) is 10.3. The van der Waals surface area contributed by atoms with E-state index in [1.807, 2.05) is 18.2 Å². The minimum Gasteiger partial charge on any atom is -0.486 e. The molecule has 1 unspecified atom stereocenters. The van der Waals surface area contributed by atoms with Gasteiger partial charge in [-0.15, -0.1) is 0 Å². The van der Waals surface area contributed by atoms with Gasteiger partial charge in [-0.1, -0.05) is 6.92 Å². The van der Waals surface area contributed by atoms with Gasteiger partial charge < -0.3 is 19.9 Å². The van der Waals surface area contributed by atoms with E-state index in [-0.39, 0.29) is 5.92 Å². The molecule has 5 nitrogen and oxygen atoms in total. The number of hydrogen-bond acceptors (Lipinski definition) is 4. The molecule has 2 rings (SSSR count). The lowest BCUT2D eigenvalue weighted by Crippen LogP contribution is -2.16. The zero-order valence-electron chi connectivity index (χ0n) is 10.3. The Morgan fingerprint density at radius 3 is 2.83 bits per heavy atom. The van der Waals surface area contributed by atoms with Crippen molar-refractivity contribution in [3.8, 4) is 11.5 Å². The van der Waals surface area contributed by atoms with Crippen LogP contribution in [0.5, 0.6) is 11.5 Å². The number of nitrogens with one attached hydrogen (secondary N) is 1. The number of aliphatic carboxylic acids is 1. The first-order chi connectivity index (χ1) is 8.66. The Kier molecular flexibility index (Phi) is 3.92. The van der Waals surface area contributed by atoms with Crippen molar-refractivity contribution >= 4 is 11.7 Å². The molecule has 1 aromatic rings. The Morgan fingerprint density at radius 1 is 1.39 bits per heavy atom. The minimum atomic E-state index is -0.765. The van der Waals surface area contributed by atoms with Crippen LogP contribution in [0.25, 0.3) is 0 Å². The van der Waals surface area contributed by atoms with Crippen LogP contribution in [0.15, 0.2) is 18.2 Å². The number of carbonyl (C=O) groups is 1. The van der Waals surface area contributed by atoms with Gasteiger partial charge in [-0.3, -0.25) is 4.79 Å². The molecule has 1 atom stereocenters. The van der Waals surface area contributed by atoms with Gasteiger partial charge in [0, 0.05) is 18.3 Å². The molecule has 0 radical (unpaired) electrons. The summed E-state index contributed by atoms with van der Waals surface area (Å²) in [6.45, 7) is 3.46. The first-order valence-corrected chi connectivity index (χ1v) is 6.03. The Balaban J connectivity index is 1.88. The molecule has 0 aromatic heterocycles. The molecule has 5 heteroatoms. The summed E-state index contributed by atoms with van der Waals surface area (Å²) in [6.07, 6.45) is 0.587. The summed E-state index contributed by atoms with van der Waals surface area (Å²) < 4.78 is 10.9. The Bertz CT molecular complexity index is 433. The second-order valence-electron chi connectivity index (χ2n) is 4.31. The SMILES string of the molecule is CC(CCNc1ccc2c(c1)OCCO2)C(=O)O. The molecule has 0 fully saturated rings. The molecule has 0 aliphatic carbocycles. The maximum Gasteiger partial charge on any atom is 0.306 e. The van der Waals surface area contributed by atoms with Crippen LogP contribution in [-0.4, -0.2) is 30.8 Å². The van der Waals surface area contributed by atoms with E-state index in [1.165, 1.54) is 0 Å². The number of fused-ring (bicyclic) bond motifs is 1. The lowest BCUT2D eigenvalue weighted by molar-refractivity contribution is -0.141. The predicted octanol–water partition coefficient (Wildman–Crippen LogP) is 1.98. The van der Waals surface area contributed by atoms with Gasteiger partial charge in [0.25, 0.3) is 0 Å². The standard InChI is InChI=1S/C13H17NO4/c1-9(13(15)16)4-5-14-10-2-3-11-12(8-10)18-7-6-17-11/h2-3,8-9,14H,4-7H2,1H3,(H,15,16). The fourth-order valence-electron chi connectivity index (χ4n) is 1.71. The van der Waals surface area contributed by atoms with Gasteiger partial charge in [-0.25, -0.2) is 0 Å². The van der Waals surface area contributed by atoms with Gasteiger partial charge >= 0.3 is 5.97 Å². The van der Waals surface area contributed by atoms with E-state index in [0.717, 1.165) is 17.2 Å². The first kappa shape index (κ1) is 12.5. The van der Waals surface area contributed by atoms with E-state index in [4.69, 9.17) is 14.6 Å². The summed E-state index contributed by atoms with van der Waals surface area (Å²) in [7, 11) is 0. The molecule has 2 N–H and O–H groups in total. The second kappa shape index (κ2) is 5.62. The van der Waals surface area contributed by atoms with Crippen molar-refractivity contribution in [2.75, 3.05) is 25.1 Å². The van der Waals surface area contributed by atoms with Gasteiger partial charge in [-0.05, 0) is 18.6 Å². The van der Waals surface area contributed by atoms with Crippen LogP contribution in [0.3, 0.4) is 0 Å². The van der Waals surface area contributed by atoms with Crippen molar-refractivity contribution < 1.29 is 19.4 Å². The van der Waals surface area contributed by atoms with Crippen LogP contribution < -0.4 is 14.8 Å². The van der Waals surface area contributed by atoms with Crippen molar-refractivity contribution in [2.45, 2.75) is 13.3 Å². The van der Waals surface area contributed by atoms with Gasteiger partial charge in [-0.2, -0.15) is 0 Å². The van der Waals surface area contributed by atoms with Crippen molar-refractivity contribution in [3.05, 3.63) is 18.2 Å². The molecule has 1 aromatic carbocycles. The van der Waals surface area contributed by atoms with Crippen LogP contribution in [0.4, 0.5) is 5.69 Å². The van der Waals surface area contributed by atoms with Crippen molar-refractivity contribution in [1.29, 1.82) is 0 Å². The average Bonchev–Trinajstić information content (AvgIpc) is 2.38. The van der Waals surface area contributed by atoms with Gasteiger partial charge in [0.15, 0.2) is 11.5 Å². The molecule has 0 saturated heterocycles. The fourth-order valence-corrected chi connectivity index (χ4v) is 1.71. The van der Waals surface area contributed by atoms with Crippen LogP contribution >= 0.6 is 0 Å². The monoisotopic (exact) mass is 251 g/mol. The number of carboxylic acid groups (broad SMARTS) is 1. The van der Waals surface area contributed by atoms with Gasteiger partial charge in [0.2, 0.25) is 0 Å². The highest BCUT2D eigenvalue weighted by Gasteiger charge is 2.12. The third-order valence-corrected chi connectivity index (χ3v) is 2.87. The average molecular weight is 251 g/mol.